The lowest BCUT2D eigenvalue weighted by atomic mass is 10.2. The van der Waals surface area contributed by atoms with E-state index in [1.54, 1.807) is 31.2 Å². The Morgan fingerprint density at radius 2 is 1.85 bits per heavy atom. The number of hydrogen-bond acceptors (Lipinski definition) is 6. The van der Waals surface area contributed by atoms with Gasteiger partial charge in [0.2, 0.25) is 11.7 Å². The van der Waals surface area contributed by atoms with Crippen molar-refractivity contribution in [2.75, 3.05) is 18.5 Å². The van der Waals surface area contributed by atoms with Crippen molar-refractivity contribution in [2.24, 2.45) is 0 Å². The minimum Gasteiger partial charge on any atom is -0.489 e. The highest BCUT2D eigenvalue weighted by molar-refractivity contribution is 6.19. The summed E-state index contributed by atoms with van der Waals surface area (Å²) in [7, 11) is 0. The van der Waals surface area contributed by atoms with Gasteiger partial charge in [0.05, 0.1) is 6.61 Å². The molecule has 3 rings (SSSR count). The zero-order valence-corrected chi connectivity index (χ0v) is 14.4. The molecule has 2 aromatic carbocycles. The summed E-state index contributed by atoms with van der Waals surface area (Å²) in [5.74, 6) is -0.247. The Morgan fingerprint density at radius 3 is 2.54 bits per heavy atom. The van der Waals surface area contributed by atoms with Crippen LogP contribution in [0.3, 0.4) is 0 Å². The summed E-state index contributed by atoms with van der Waals surface area (Å²) in [6.07, 6.45) is 0. The summed E-state index contributed by atoms with van der Waals surface area (Å²) in [5, 5.41) is 2.94. The van der Waals surface area contributed by atoms with Crippen LogP contribution in [0.1, 0.15) is 12.5 Å². The van der Waals surface area contributed by atoms with Gasteiger partial charge in [-0.3, -0.25) is 4.79 Å². The monoisotopic (exact) mass is 353 g/mol. The first-order chi connectivity index (χ1) is 12.7. The topological polar surface area (TPSA) is 73.9 Å². The second-order valence-corrected chi connectivity index (χ2v) is 5.56. The van der Waals surface area contributed by atoms with Gasteiger partial charge in [-0.1, -0.05) is 30.3 Å². The number of hydrogen-bond donors (Lipinski definition) is 1. The highest BCUT2D eigenvalue weighted by atomic mass is 16.5. The van der Waals surface area contributed by atoms with Crippen molar-refractivity contribution in [1.29, 1.82) is 0 Å². The van der Waals surface area contributed by atoms with Crippen LogP contribution < -0.4 is 10.1 Å². The van der Waals surface area contributed by atoms with Gasteiger partial charge in [-0.25, -0.2) is 4.79 Å². The highest BCUT2D eigenvalue weighted by Gasteiger charge is 2.32. The molecule has 0 fully saturated rings. The average Bonchev–Trinajstić information content (AvgIpc) is 3.02. The largest absolute Gasteiger partial charge is 0.489 e. The lowest BCUT2D eigenvalue weighted by Gasteiger charge is -2.10. The predicted molar refractivity (Wildman–Crippen MR) is 95.5 cm³/mol. The summed E-state index contributed by atoms with van der Waals surface area (Å²) in [6, 6.07) is 17.0. The molecule has 6 heteroatoms. The van der Waals surface area contributed by atoms with E-state index < -0.39 is 11.8 Å². The number of Topliss-reactive ketones (excluding diaryl/α,β-unsaturated/α-hetero) is 1. The van der Waals surface area contributed by atoms with Crippen molar-refractivity contribution in [3.8, 4) is 5.75 Å². The normalized spacial score (nSPS) is 13.3. The summed E-state index contributed by atoms with van der Waals surface area (Å²) in [4.78, 5) is 23.7. The van der Waals surface area contributed by atoms with Crippen LogP contribution >= 0.6 is 0 Å². The lowest BCUT2D eigenvalue weighted by molar-refractivity contribution is -0.139. The average molecular weight is 353 g/mol. The third kappa shape index (κ3) is 4.22. The van der Waals surface area contributed by atoms with Crippen LogP contribution in [0.25, 0.3) is 0 Å². The number of ether oxygens (including phenoxy) is 3. The van der Waals surface area contributed by atoms with Crippen LogP contribution in [-0.4, -0.2) is 25.0 Å². The van der Waals surface area contributed by atoms with Gasteiger partial charge in [0.1, 0.15) is 12.4 Å². The van der Waals surface area contributed by atoms with E-state index in [0.29, 0.717) is 18.0 Å². The smallest absolute Gasteiger partial charge is 0.347 e. The van der Waals surface area contributed by atoms with Crippen molar-refractivity contribution < 1.29 is 23.8 Å². The maximum absolute atomic E-state index is 11.9. The van der Waals surface area contributed by atoms with Crippen molar-refractivity contribution in [3.05, 3.63) is 71.6 Å². The fourth-order valence-corrected chi connectivity index (χ4v) is 2.42. The van der Waals surface area contributed by atoms with E-state index in [-0.39, 0.29) is 24.7 Å². The van der Waals surface area contributed by atoms with Crippen LogP contribution in [-0.2, 0) is 25.7 Å². The van der Waals surface area contributed by atoms with E-state index >= 15 is 0 Å². The molecule has 1 aliphatic rings. The van der Waals surface area contributed by atoms with Crippen molar-refractivity contribution >= 4 is 17.4 Å². The van der Waals surface area contributed by atoms with Crippen LogP contribution in [0.15, 0.2) is 66.1 Å². The number of nitrogens with one attached hydrogen (secondary N) is 1. The van der Waals surface area contributed by atoms with Gasteiger partial charge < -0.3 is 19.5 Å². The Labute approximate surface area is 151 Å². The van der Waals surface area contributed by atoms with Gasteiger partial charge in [0.15, 0.2) is 12.2 Å². The third-order valence-corrected chi connectivity index (χ3v) is 3.69. The third-order valence-electron chi connectivity index (χ3n) is 3.69. The molecule has 134 valence electrons. The Bertz CT molecular complexity index is 812. The predicted octanol–water partition coefficient (Wildman–Crippen LogP) is 3.05. The Kier molecular flexibility index (Phi) is 5.53. The molecule has 0 spiro atoms. The van der Waals surface area contributed by atoms with Crippen LogP contribution in [0.2, 0.25) is 0 Å². The first-order valence-corrected chi connectivity index (χ1v) is 8.28. The molecule has 1 aliphatic heterocycles. The molecule has 0 aliphatic carbocycles. The molecule has 0 amide bonds. The lowest BCUT2D eigenvalue weighted by Crippen LogP contribution is -2.16. The zero-order valence-electron chi connectivity index (χ0n) is 14.4. The second-order valence-electron chi connectivity index (χ2n) is 5.56. The molecule has 0 saturated heterocycles. The summed E-state index contributed by atoms with van der Waals surface area (Å²) >= 11 is 0. The standard InChI is InChI=1S/C20H19NO5/c1-2-24-20(23)18-17(22)13-26-19(18)21-15-8-10-16(11-9-15)25-12-14-6-4-3-5-7-14/h3-11,21H,2,12-13H2,1H3. The minimum atomic E-state index is -0.680. The highest BCUT2D eigenvalue weighted by Crippen LogP contribution is 2.23. The molecule has 0 radical (unpaired) electrons. The number of rotatable bonds is 7. The van der Waals surface area contributed by atoms with Crippen molar-refractivity contribution in [3.63, 3.8) is 0 Å². The minimum absolute atomic E-state index is 0.0868. The SMILES string of the molecule is CCOC(=O)C1=C(Nc2ccc(OCc3ccccc3)cc2)OCC1=O. The quantitative estimate of drug-likeness (QED) is 0.609. The van der Waals surface area contributed by atoms with Crippen molar-refractivity contribution in [1.82, 2.24) is 0 Å². The van der Waals surface area contributed by atoms with Gasteiger partial charge >= 0.3 is 5.97 Å². The van der Waals surface area contributed by atoms with Gasteiger partial charge in [0.25, 0.3) is 0 Å². The molecule has 2 aromatic rings. The number of esters is 1. The number of benzene rings is 2. The van der Waals surface area contributed by atoms with E-state index in [9.17, 15) is 9.59 Å². The van der Waals surface area contributed by atoms with E-state index in [1.165, 1.54) is 0 Å². The molecule has 0 aromatic heterocycles. The van der Waals surface area contributed by atoms with E-state index in [4.69, 9.17) is 14.2 Å². The molecule has 1 N–H and O–H groups in total. The number of carbonyl (C=O) groups is 2. The van der Waals surface area contributed by atoms with E-state index in [2.05, 4.69) is 5.32 Å². The molecule has 0 atom stereocenters. The Balaban J connectivity index is 1.65. The van der Waals surface area contributed by atoms with E-state index in [0.717, 1.165) is 5.56 Å². The Morgan fingerprint density at radius 1 is 1.12 bits per heavy atom. The van der Waals surface area contributed by atoms with Gasteiger partial charge in [-0.2, -0.15) is 0 Å². The maximum atomic E-state index is 11.9. The van der Waals surface area contributed by atoms with Crippen molar-refractivity contribution in [2.45, 2.75) is 13.5 Å². The molecule has 0 unspecified atom stereocenters. The first-order valence-electron chi connectivity index (χ1n) is 8.28. The summed E-state index contributed by atoms with van der Waals surface area (Å²) < 4.78 is 15.9. The molecular formula is C20H19NO5. The number of anilines is 1. The van der Waals surface area contributed by atoms with Gasteiger partial charge in [-0.15, -0.1) is 0 Å². The molecule has 6 nitrogen and oxygen atoms in total. The maximum Gasteiger partial charge on any atom is 0.347 e. The fourth-order valence-electron chi connectivity index (χ4n) is 2.42. The number of ketones is 1. The Hall–Kier alpha value is -3.28. The number of carbonyl (C=O) groups excluding carboxylic acids is 2. The van der Waals surface area contributed by atoms with Crippen LogP contribution in [0, 0.1) is 0 Å². The first kappa shape index (κ1) is 17.5. The fraction of sp³-hybridized carbons (Fsp3) is 0.200. The molecule has 0 saturated carbocycles. The van der Waals surface area contributed by atoms with Gasteiger partial charge in [0, 0.05) is 5.69 Å². The molecule has 26 heavy (non-hydrogen) atoms. The van der Waals surface area contributed by atoms with Gasteiger partial charge in [-0.05, 0) is 36.8 Å². The second kappa shape index (κ2) is 8.20. The summed E-state index contributed by atoms with van der Waals surface area (Å²) in [6.45, 7) is 2.18. The van der Waals surface area contributed by atoms with Crippen LogP contribution in [0.4, 0.5) is 5.69 Å². The molecular weight excluding hydrogens is 334 g/mol. The van der Waals surface area contributed by atoms with E-state index in [1.807, 2.05) is 30.3 Å². The summed E-state index contributed by atoms with van der Waals surface area (Å²) in [5.41, 5.74) is 1.66. The molecule has 0 bridgehead atoms. The van der Waals surface area contributed by atoms with Crippen LogP contribution in [0.5, 0.6) is 5.75 Å². The molecule has 1 heterocycles. The zero-order chi connectivity index (χ0) is 18.4.